The maximum absolute atomic E-state index is 14.4. The summed E-state index contributed by atoms with van der Waals surface area (Å²) < 4.78 is 79.0. The first-order valence-electron chi connectivity index (χ1n) is 9.09. The van der Waals surface area contributed by atoms with E-state index in [1.54, 1.807) is 0 Å². The van der Waals surface area contributed by atoms with Crippen molar-refractivity contribution in [3.63, 3.8) is 0 Å². The fraction of sp³-hybridized carbons (Fsp3) is 0.0952. The van der Waals surface area contributed by atoms with Crippen LogP contribution >= 0.6 is 0 Å². The largest absolute Gasteiger partial charge is 0.454 e. The van der Waals surface area contributed by atoms with Crippen molar-refractivity contribution in [2.75, 3.05) is 6.79 Å². The van der Waals surface area contributed by atoms with Crippen LogP contribution in [0.3, 0.4) is 0 Å². The van der Waals surface area contributed by atoms with Gasteiger partial charge in [-0.15, -0.1) is 0 Å². The molecular formula is C21H10F5N3O3. The molecule has 6 rings (SSSR count). The molecule has 0 fully saturated rings. The maximum atomic E-state index is 14.4. The van der Waals surface area contributed by atoms with Gasteiger partial charge < -0.3 is 9.47 Å². The molecule has 11 heteroatoms. The van der Waals surface area contributed by atoms with E-state index in [4.69, 9.17) is 9.47 Å². The van der Waals surface area contributed by atoms with Crippen molar-refractivity contribution in [2.45, 2.75) is 6.18 Å². The molecular weight excluding hydrogens is 437 g/mol. The Hall–Kier alpha value is -4.02. The van der Waals surface area contributed by atoms with Crippen molar-refractivity contribution >= 4 is 10.9 Å². The Morgan fingerprint density at radius 2 is 1.81 bits per heavy atom. The zero-order valence-electron chi connectivity index (χ0n) is 15.8. The Labute approximate surface area is 175 Å². The molecule has 0 atom stereocenters. The number of halogens is 5. The van der Waals surface area contributed by atoms with Crippen LogP contribution in [0.1, 0.15) is 5.56 Å². The van der Waals surface area contributed by atoms with E-state index in [1.165, 1.54) is 30.5 Å². The number of fused-ring (bicyclic) bond motifs is 5. The molecule has 2 aromatic carbocycles. The lowest BCUT2D eigenvalue weighted by atomic mass is 10.1. The van der Waals surface area contributed by atoms with Crippen LogP contribution in [0.4, 0.5) is 22.0 Å². The molecule has 2 aliphatic heterocycles. The molecule has 32 heavy (non-hydrogen) atoms. The van der Waals surface area contributed by atoms with Crippen LogP contribution in [0.15, 0.2) is 53.5 Å². The van der Waals surface area contributed by atoms with Gasteiger partial charge in [0.05, 0.1) is 10.9 Å². The SMILES string of the molecule is O=c1c2cccnc2c(-c2cccc(C(F)(F)F)c2)nn1-c1cc2c(F)c(F)c1OCO2. The van der Waals surface area contributed by atoms with Gasteiger partial charge in [-0.3, -0.25) is 9.78 Å². The molecule has 6 nitrogen and oxygen atoms in total. The number of hydrogen-bond acceptors (Lipinski definition) is 5. The molecule has 0 N–H and O–H groups in total. The number of pyridine rings is 1. The smallest absolute Gasteiger partial charge is 0.416 e. The molecule has 0 aliphatic carbocycles. The van der Waals surface area contributed by atoms with Crippen LogP contribution in [0.2, 0.25) is 0 Å². The molecule has 0 amide bonds. The second kappa shape index (κ2) is 7.01. The summed E-state index contributed by atoms with van der Waals surface area (Å²) in [7, 11) is 0. The normalized spacial score (nSPS) is 13.0. The van der Waals surface area contributed by atoms with E-state index in [1.807, 2.05) is 0 Å². The summed E-state index contributed by atoms with van der Waals surface area (Å²) >= 11 is 0. The lowest BCUT2D eigenvalue weighted by Gasteiger charge is -2.14. The van der Waals surface area contributed by atoms with Gasteiger partial charge in [-0.25, -0.2) is 0 Å². The van der Waals surface area contributed by atoms with E-state index in [0.29, 0.717) is 0 Å². The van der Waals surface area contributed by atoms with E-state index >= 15 is 0 Å². The van der Waals surface area contributed by atoms with Gasteiger partial charge in [-0.2, -0.15) is 31.7 Å². The third-order valence-corrected chi connectivity index (χ3v) is 4.87. The van der Waals surface area contributed by atoms with Crippen molar-refractivity contribution in [1.29, 1.82) is 0 Å². The number of rotatable bonds is 2. The summed E-state index contributed by atoms with van der Waals surface area (Å²) in [5.74, 6) is -3.79. The van der Waals surface area contributed by atoms with Crippen molar-refractivity contribution in [1.82, 2.24) is 14.8 Å². The summed E-state index contributed by atoms with van der Waals surface area (Å²) in [5, 5.41) is 4.17. The highest BCUT2D eigenvalue weighted by Crippen LogP contribution is 2.37. The maximum Gasteiger partial charge on any atom is 0.416 e. The Morgan fingerprint density at radius 3 is 2.59 bits per heavy atom. The predicted octanol–water partition coefficient (Wildman–Crippen LogP) is 4.47. The Morgan fingerprint density at radius 1 is 1.00 bits per heavy atom. The fourth-order valence-corrected chi connectivity index (χ4v) is 3.40. The third-order valence-electron chi connectivity index (χ3n) is 4.87. The first-order chi connectivity index (χ1) is 15.3. The van der Waals surface area contributed by atoms with Crippen LogP contribution in [0.5, 0.6) is 11.5 Å². The second-order valence-electron chi connectivity index (χ2n) is 6.80. The first-order valence-corrected chi connectivity index (χ1v) is 9.09. The Kier molecular flexibility index (Phi) is 4.36. The van der Waals surface area contributed by atoms with Crippen molar-refractivity contribution < 1.29 is 31.4 Å². The van der Waals surface area contributed by atoms with Crippen LogP contribution in [-0.4, -0.2) is 21.6 Å². The van der Waals surface area contributed by atoms with Crippen molar-refractivity contribution in [2.24, 2.45) is 0 Å². The minimum absolute atomic E-state index is 0.00677. The predicted molar refractivity (Wildman–Crippen MR) is 102 cm³/mol. The molecule has 4 aromatic rings. The van der Waals surface area contributed by atoms with Crippen LogP contribution < -0.4 is 15.0 Å². The lowest BCUT2D eigenvalue weighted by molar-refractivity contribution is -0.137. The molecule has 0 saturated carbocycles. The molecule has 0 radical (unpaired) electrons. The van der Waals surface area contributed by atoms with Gasteiger partial charge >= 0.3 is 6.18 Å². The van der Waals surface area contributed by atoms with E-state index in [0.717, 1.165) is 22.9 Å². The number of aromatic nitrogens is 3. The van der Waals surface area contributed by atoms with E-state index in [9.17, 15) is 26.7 Å². The average Bonchev–Trinajstić information content (AvgIpc) is 3.07. The fourth-order valence-electron chi connectivity index (χ4n) is 3.40. The quantitative estimate of drug-likeness (QED) is 0.424. The first kappa shape index (κ1) is 19.9. The highest BCUT2D eigenvalue weighted by Gasteiger charge is 2.31. The van der Waals surface area contributed by atoms with E-state index < -0.39 is 47.2 Å². The number of hydrogen-bond donors (Lipinski definition) is 0. The van der Waals surface area contributed by atoms with Gasteiger partial charge in [0, 0.05) is 17.8 Å². The number of nitrogens with zero attached hydrogens (tertiary/aromatic N) is 3. The van der Waals surface area contributed by atoms with Crippen LogP contribution in [0, 0.1) is 11.6 Å². The molecule has 2 bridgehead atoms. The van der Waals surface area contributed by atoms with Crippen LogP contribution in [-0.2, 0) is 6.18 Å². The molecule has 162 valence electrons. The monoisotopic (exact) mass is 447 g/mol. The van der Waals surface area contributed by atoms with Gasteiger partial charge in [0.1, 0.15) is 16.9 Å². The summed E-state index contributed by atoms with van der Waals surface area (Å²) in [6, 6.07) is 8.21. The average molecular weight is 447 g/mol. The summed E-state index contributed by atoms with van der Waals surface area (Å²) in [5.41, 5.74) is -1.95. The van der Waals surface area contributed by atoms with Gasteiger partial charge in [0.2, 0.25) is 18.4 Å². The number of alkyl halides is 3. The van der Waals surface area contributed by atoms with Gasteiger partial charge in [0.25, 0.3) is 5.56 Å². The van der Waals surface area contributed by atoms with Crippen molar-refractivity contribution in [3.8, 4) is 28.4 Å². The zero-order valence-corrected chi connectivity index (χ0v) is 15.8. The summed E-state index contributed by atoms with van der Waals surface area (Å²) in [6.07, 6.45) is -3.25. The standard InChI is InChI=1S/C21H10F5N3O3/c22-15-14-8-13(19(16(15)23)32-9-31-14)29-20(30)12-5-2-6-27-18(12)17(28-29)10-3-1-4-11(7-10)21(24,25)26/h1-8H,9H2. The van der Waals surface area contributed by atoms with Gasteiger partial charge in [-0.1, -0.05) is 12.1 Å². The number of benzene rings is 2. The molecule has 2 aromatic heterocycles. The molecule has 0 saturated heterocycles. The second-order valence-corrected chi connectivity index (χ2v) is 6.80. The molecule has 0 spiro atoms. The Bertz CT molecular complexity index is 1450. The summed E-state index contributed by atoms with van der Waals surface area (Å²) in [6.45, 7) is -0.504. The molecule has 2 aliphatic rings. The van der Waals surface area contributed by atoms with Crippen molar-refractivity contribution in [3.05, 3.63) is 76.2 Å². The zero-order chi connectivity index (χ0) is 22.6. The highest BCUT2D eigenvalue weighted by atomic mass is 19.4. The van der Waals surface area contributed by atoms with Crippen LogP contribution in [0.25, 0.3) is 27.8 Å². The highest BCUT2D eigenvalue weighted by molar-refractivity contribution is 5.90. The lowest BCUT2D eigenvalue weighted by Crippen LogP contribution is -2.23. The number of ether oxygens (including phenoxy) is 2. The topological polar surface area (TPSA) is 66.2 Å². The van der Waals surface area contributed by atoms with E-state index in [-0.39, 0.29) is 27.8 Å². The van der Waals surface area contributed by atoms with E-state index in [2.05, 4.69) is 10.1 Å². The third kappa shape index (κ3) is 3.04. The minimum atomic E-state index is -4.61. The molecule has 0 unspecified atom stereocenters. The molecule has 4 heterocycles. The minimum Gasteiger partial charge on any atom is -0.454 e. The van der Waals surface area contributed by atoms with Gasteiger partial charge in [-0.05, 0) is 24.3 Å². The Balaban J connectivity index is 1.84. The van der Waals surface area contributed by atoms with Gasteiger partial charge in [0.15, 0.2) is 11.5 Å². The summed E-state index contributed by atoms with van der Waals surface area (Å²) in [4.78, 5) is 17.2.